The Kier molecular flexibility index (Phi) is 5.05. The predicted octanol–water partition coefficient (Wildman–Crippen LogP) is 2.71. The Labute approximate surface area is 141 Å². The molecule has 0 fully saturated rings. The van der Waals surface area contributed by atoms with Crippen LogP contribution in [0.15, 0.2) is 47.1 Å². The zero-order valence-electron chi connectivity index (χ0n) is 14.0. The molecule has 2 aromatic rings. The van der Waals surface area contributed by atoms with Crippen LogP contribution >= 0.6 is 0 Å². The van der Waals surface area contributed by atoms with Gasteiger partial charge in [0.05, 0.1) is 25.0 Å². The highest BCUT2D eigenvalue weighted by atomic mass is 16.5. The zero-order chi connectivity index (χ0) is 16.9. The van der Waals surface area contributed by atoms with Gasteiger partial charge in [0.25, 0.3) is 0 Å². The summed E-state index contributed by atoms with van der Waals surface area (Å²) in [5.41, 5.74) is 1.02. The Bertz CT molecular complexity index is 670. The number of para-hydroxylation sites is 1. The van der Waals surface area contributed by atoms with Crippen LogP contribution in [0.5, 0.6) is 5.75 Å². The van der Waals surface area contributed by atoms with Gasteiger partial charge in [-0.05, 0) is 32.3 Å². The fourth-order valence-corrected chi connectivity index (χ4v) is 2.91. The topological polar surface area (TPSA) is 66.7 Å². The summed E-state index contributed by atoms with van der Waals surface area (Å²) in [4.78, 5) is 14.3. The first-order valence-corrected chi connectivity index (χ1v) is 8.11. The van der Waals surface area contributed by atoms with Crippen molar-refractivity contribution in [3.8, 4) is 5.75 Å². The Morgan fingerprint density at radius 1 is 1.29 bits per heavy atom. The second-order valence-corrected chi connectivity index (χ2v) is 6.08. The monoisotopic (exact) mass is 329 g/mol. The summed E-state index contributed by atoms with van der Waals surface area (Å²) in [6, 6.07) is 11.4. The molecule has 2 amide bonds. The van der Waals surface area contributed by atoms with Crippen molar-refractivity contribution >= 4 is 6.03 Å². The molecular weight excluding hydrogens is 306 g/mol. The van der Waals surface area contributed by atoms with Gasteiger partial charge in [-0.3, -0.25) is 4.90 Å². The summed E-state index contributed by atoms with van der Waals surface area (Å²) in [6.07, 6.45) is 2.41. The van der Waals surface area contributed by atoms with Gasteiger partial charge in [0, 0.05) is 18.5 Å². The third kappa shape index (κ3) is 3.71. The van der Waals surface area contributed by atoms with E-state index in [-0.39, 0.29) is 18.1 Å². The van der Waals surface area contributed by atoms with Crippen molar-refractivity contribution in [3.05, 3.63) is 54.0 Å². The number of nitrogens with one attached hydrogen (secondary N) is 2. The molecule has 0 bridgehead atoms. The lowest BCUT2D eigenvalue weighted by Gasteiger charge is -2.27. The summed E-state index contributed by atoms with van der Waals surface area (Å²) in [6.45, 7) is 1.08. The molecule has 6 nitrogen and oxygen atoms in total. The number of carbonyl (C=O) groups is 1. The molecule has 0 aliphatic carbocycles. The summed E-state index contributed by atoms with van der Waals surface area (Å²) < 4.78 is 11.1. The molecule has 128 valence electrons. The van der Waals surface area contributed by atoms with Gasteiger partial charge in [-0.25, -0.2) is 4.79 Å². The maximum absolute atomic E-state index is 12.3. The largest absolute Gasteiger partial charge is 0.493 e. The molecular formula is C18H23N3O3. The SMILES string of the molecule is CN(C)[C@H](CNC(=O)N[C@@H]1CCOc2ccccc21)c1ccco1. The van der Waals surface area contributed by atoms with E-state index < -0.39 is 0 Å². The van der Waals surface area contributed by atoms with Crippen molar-refractivity contribution in [3.63, 3.8) is 0 Å². The van der Waals surface area contributed by atoms with Gasteiger partial charge >= 0.3 is 6.03 Å². The van der Waals surface area contributed by atoms with E-state index in [0.29, 0.717) is 13.2 Å². The Hall–Kier alpha value is -2.47. The van der Waals surface area contributed by atoms with Crippen LogP contribution < -0.4 is 15.4 Å². The van der Waals surface area contributed by atoms with Gasteiger partial charge in [-0.15, -0.1) is 0 Å². The van der Waals surface area contributed by atoms with Gasteiger partial charge in [0.2, 0.25) is 0 Å². The van der Waals surface area contributed by atoms with Gasteiger partial charge in [-0.1, -0.05) is 18.2 Å². The van der Waals surface area contributed by atoms with E-state index in [1.807, 2.05) is 55.4 Å². The fraction of sp³-hybridized carbons (Fsp3) is 0.389. The number of ether oxygens (including phenoxy) is 1. The van der Waals surface area contributed by atoms with Gasteiger partial charge < -0.3 is 19.8 Å². The number of furan rings is 1. The molecule has 1 aliphatic heterocycles. The Morgan fingerprint density at radius 3 is 2.88 bits per heavy atom. The summed E-state index contributed by atoms with van der Waals surface area (Å²) >= 11 is 0. The van der Waals surface area contributed by atoms with Crippen molar-refractivity contribution in [1.82, 2.24) is 15.5 Å². The van der Waals surface area contributed by atoms with Crippen molar-refractivity contribution in [2.75, 3.05) is 27.2 Å². The Balaban J connectivity index is 1.58. The van der Waals surface area contributed by atoms with Crippen LogP contribution in [-0.2, 0) is 0 Å². The van der Waals surface area contributed by atoms with E-state index in [4.69, 9.17) is 9.15 Å². The standard InChI is InChI=1S/C18H23N3O3/c1-21(2)15(17-8-5-10-23-17)12-19-18(22)20-14-9-11-24-16-7-4-3-6-13(14)16/h3-8,10,14-15H,9,11-12H2,1-2H3,(H2,19,20,22)/t14-,15-/m1/s1. The van der Waals surface area contributed by atoms with Crippen molar-refractivity contribution in [2.24, 2.45) is 0 Å². The molecule has 24 heavy (non-hydrogen) atoms. The molecule has 2 atom stereocenters. The number of urea groups is 1. The van der Waals surface area contributed by atoms with Crippen LogP contribution in [0, 0.1) is 0 Å². The highest BCUT2D eigenvalue weighted by Gasteiger charge is 2.23. The van der Waals surface area contributed by atoms with E-state index in [9.17, 15) is 4.79 Å². The molecule has 0 unspecified atom stereocenters. The highest BCUT2D eigenvalue weighted by Crippen LogP contribution is 2.31. The minimum atomic E-state index is -0.185. The number of hydrogen-bond donors (Lipinski definition) is 2. The molecule has 0 saturated carbocycles. The number of benzene rings is 1. The first-order chi connectivity index (χ1) is 11.6. The second kappa shape index (κ2) is 7.40. The first kappa shape index (κ1) is 16.4. The minimum Gasteiger partial charge on any atom is -0.493 e. The van der Waals surface area contributed by atoms with Crippen LogP contribution in [0.2, 0.25) is 0 Å². The maximum Gasteiger partial charge on any atom is 0.315 e. The Morgan fingerprint density at radius 2 is 2.12 bits per heavy atom. The third-order valence-corrected chi connectivity index (χ3v) is 4.21. The molecule has 1 aliphatic rings. The molecule has 1 aromatic carbocycles. The lowest BCUT2D eigenvalue weighted by Crippen LogP contribution is -2.42. The van der Waals surface area contributed by atoms with E-state index in [1.54, 1.807) is 6.26 Å². The van der Waals surface area contributed by atoms with Gasteiger partial charge in [-0.2, -0.15) is 0 Å². The summed E-state index contributed by atoms with van der Waals surface area (Å²) in [5, 5.41) is 5.97. The molecule has 2 N–H and O–H groups in total. The number of carbonyl (C=O) groups excluding carboxylic acids is 1. The van der Waals surface area contributed by atoms with Crippen molar-refractivity contribution in [1.29, 1.82) is 0 Å². The summed E-state index contributed by atoms with van der Waals surface area (Å²) in [7, 11) is 3.92. The van der Waals surface area contributed by atoms with Crippen LogP contribution in [0.25, 0.3) is 0 Å². The molecule has 6 heteroatoms. The van der Waals surface area contributed by atoms with E-state index in [2.05, 4.69) is 10.6 Å². The average molecular weight is 329 g/mol. The maximum atomic E-state index is 12.3. The number of hydrogen-bond acceptors (Lipinski definition) is 4. The lowest BCUT2D eigenvalue weighted by molar-refractivity contribution is 0.214. The van der Waals surface area contributed by atoms with Crippen molar-refractivity contribution < 1.29 is 13.9 Å². The van der Waals surface area contributed by atoms with Crippen LogP contribution in [-0.4, -0.2) is 38.2 Å². The highest BCUT2D eigenvalue weighted by molar-refractivity contribution is 5.74. The molecule has 2 heterocycles. The number of fused-ring (bicyclic) bond motifs is 1. The smallest absolute Gasteiger partial charge is 0.315 e. The summed E-state index contributed by atoms with van der Waals surface area (Å²) in [5.74, 6) is 1.67. The molecule has 3 rings (SSSR count). The normalized spacial score (nSPS) is 17.7. The molecule has 0 spiro atoms. The van der Waals surface area contributed by atoms with E-state index in [0.717, 1.165) is 23.5 Å². The number of nitrogens with zero attached hydrogens (tertiary/aromatic N) is 1. The van der Waals surface area contributed by atoms with Gasteiger partial charge in [0.15, 0.2) is 0 Å². The lowest BCUT2D eigenvalue weighted by atomic mass is 10.0. The number of likely N-dealkylation sites (N-methyl/N-ethyl adjacent to an activating group) is 1. The van der Waals surface area contributed by atoms with E-state index >= 15 is 0 Å². The fourth-order valence-electron chi connectivity index (χ4n) is 2.91. The van der Waals surface area contributed by atoms with Crippen molar-refractivity contribution in [2.45, 2.75) is 18.5 Å². The molecule has 0 radical (unpaired) electrons. The predicted molar refractivity (Wildman–Crippen MR) is 91.0 cm³/mol. The number of rotatable bonds is 5. The first-order valence-electron chi connectivity index (χ1n) is 8.11. The zero-order valence-corrected chi connectivity index (χ0v) is 14.0. The van der Waals surface area contributed by atoms with Crippen LogP contribution in [0.3, 0.4) is 0 Å². The molecule has 1 aromatic heterocycles. The van der Waals surface area contributed by atoms with Crippen LogP contribution in [0.1, 0.15) is 29.8 Å². The number of amides is 2. The minimum absolute atomic E-state index is 0.00674. The average Bonchev–Trinajstić information content (AvgIpc) is 3.09. The van der Waals surface area contributed by atoms with Crippen LogP contribution in [0.4, 0.5) is 4.79 Å². The molecule has 0 saturated heterocycles. The van der Waals surface area contributed by atoms with Gasteiger partial charge in [0.1, 0.15) is 11.5 Å². The second-order valence-electron chi connectivity index (χ2n) is 6.08. The third-order valence-electron chi connectivity index (χ3n) is 4.21. The quantitative estimate of drug-likeness (QED) is 0.885. The van der Waals surface area contributed by atoms with E-state index in [1.165, 1.54) is 0 Å².